The molecule has 0 unspecified atom stereocenters. The Morgan fingerprint density at radius 2 is 2.11 bits per heavy atom. The first-order valence-corrected chi connectivity index (χ1v) is 6.38. The van der Waals surface area contributed by atoms with Crippen molar-refractivity contribution in [3.63, 3.8) is 0 Å². The minimum absolute atomic E-state index is 0.773. The van der Waals surface area contributed by atoms with Crippen LogP contribution in [-0.4, -0.2) is 35.9 Å². The van der Waals surface area contributed by atoms with Crippen LogP contribution in [0.2, 0.25) is 0 Å². The predicted molar refractivity (Wildman–Crippen MR) is 72.9 cm³/mol. The van der Waals surface area contributed by atoms with Crippen molar-refractivity contribution in [1.82, 2.24) is 9.55 Å². The molecule has 1 aromatic carbocycles. The van der Waals surface area contributed by atoms with Crippen molar-refractivity contribution in [3.05, 3.63) is 18.2 Å². The fourth-order valence-corrected chi connectivity index (χ4v) is 2.44. The molecule has 0 atom stereocenters. The van der Waals surface area contributed by atoms with Crippen LogP contribution in [0.5, 0.6) is 0 Å². The third-order valence-electron chi connectivity index (χ3n) is 3.36. The van der Waals surface area contributed by atoms with Gasteiger partial charge in [-0.15, -0.1) is 0 Å². The van der Waals surface area contributed by atoms with Crippen molar-refractivity contribution in [2.24, 2.45) is 0 Å². The van der Waals surface area contributed by atoms with Gasteiger partial charge in [-0.05, 0) is 25.1 Å². The third kappa shape index (κ3) is 1.80. The number of benzene rings is 1. The molecule has 0 amide bonds. The molecule has 96 valence electrons. The van der Waals surface area contributed by atoms with Crippen LogP contribution in [0, 0.1) is 0 Å². The van der Waals surface area contributed by atoms with Gasteiger partial charge < -0.3 is 19.9 Å². The van der Waals surface area contributed by atoms with Crippen LogP contribution in [0.15, 0.2) is 18.2 Å². The van der Waals surface area contributed by atoms with Crippen LogP contribution in [0.4, 0.5) is 11.6 Å². The molecular formula is C13H18N4O. The molecule has 5 heteroatoms. The minimum Gasteiger partial charge on any atom is -0.399 e. The predicted octanol–water partition coefficient (Wildman–Crippen LogP) is 1.47. The van der Waals surface area contributed by atoms with Crippen LogP contribution < -0.4 is 10.6 Å². The van der Waals surface area contributed by atoms with Crippen LogP contribution in [0.25, 0.3) is 11.0 Å². The second kappa shape index (κ2) is 4.49. The van der Waals surface area contributed by atoms with Gasteiger partial charge in [-0.25, -0.2) is 4.98 Å². The van der Waals surface area contributed by atoms with E-state index in [4.69, 9.17) is 15.5 Å². The second-order valence-corrected chi connectivity index (χ2v) is 4.50. The second-order valence-electron chi connectivity index (χ2n) is 4.50. The molecule has 1 saturated heterocycles. The fraction of sp³-hybridized carbons (Fsp3) is 0.462. The number of nitrogens with two attached hydrogens (primary N) is 1. The molecule has 5 nitrogen and oxygen atoms in total. The molecule has 2 aromatic rings. The van der Waals surface area contributed by atoms with Crippen LogP contribution >= 0.6 is 0 Å². The highest BCUT2D eigenvalue weighted by molar-refractivity contribution is 5.82. The molecule has 0 spiro atoms. The zero-order valence-corrected chi connectivity index (χ0v) is 10.6. The number of rotatable bonds is 2. The third-order valence-corrected chi connectivity index (χ3v) is 3.36. The zero-order chi connectivity index (χ0) is 12.5. The van der Waals surface area contributed by atoms with Crippen LogP contribution in [0.3, 0.4) is 0 Å². The van der Waals surface area contributed by atoms with Gasteiger partial charge in [0, 0.05) is 25.3 Å². The number of nitrogens with zero attached hydrogens (tertiary/aromatic N) is 3. The first kappa shape index (κ1) is 11.3. The molecule has 3 rings (SSSR count). The number of morpholine rings is 1. The van der Waals surface area contributed by atoms with Gasteiger partial charge in [-0.2, -0.15) is 0 Å². The first-order valence-electron chi connectivity index (χ1n) is 6.38. The normalized spacial score (nSPS) is 16.4. The highest BCUT2D eigenvalue weighted by atomic mass is 16.5. The molecule has 0 saturated carbocycles. The van der Waals surface area contributed by atoms with Crippen molar-refractivity contribution < 1.29 is 4.74 Å². The van der Waals surface area contributed by atoms with E-state index in [1.807, 2.05) is 18.2 Å². The lowest BCUT2D eigenvalue weighted by atomic mass is 10.3. The summed E-state index contributed by atoms with van der Waals surface area (Å²) in [7, 11) is 0. The highest BCUT2D eigenvalue weighted by Gasteiger charge is 2.18. The SMILES string of the molecule is CCn1c(N2CCOCC2)nc2ccc(N)cc21. The minimum atomic E-state index is 0.773. The summed E-state index contributed by atoms with van der Waals surface area (Å²) in [6.45, 7) is 6.38. The number of aryl methyl sites for hydroxylation is 1. The summed E-state index contributed by atoms with van der Waals surface area (Å²) in [5.41, 5.74) is 8.76. The van der Waals surface area contributed by atoms with E-state index >= 15 is 0 Å². The number of hydrogen-bond acceptors (Lipinski definition) is 4. The van der Waals surface area contributed by atoms with E-state index in [2.05, 4.69) is 16.4 Å². The van der Waals surface area contributed by atoms with Gasteiger partial charge in [0.05, 0.1) is 24.2 Å². The Hall–Kier alpha value is -1.75. The van der Waals surface area contributed by atoms with Crippen molar-refractivity contribution in [1.29, 1.82) is 0 Å². The van der Waals surface area contributed by atoms with Crippen molar-refractivity contribution >= 4 is 22.7 Å². The summed E-state index contributed by atoms with van der Waals surface area (Å²) >= 11 is 0. The Morgan fingerprint density at radius 1 is 1.33 bits per heavy atom. The fourth-order valence-electron chi connectivity index (χ4n) is 2.44. The summed E-state index contributed by atoms with van der Waals surface area (Å²) in [5.74, 6) is 1.03. The van der Waals surface area contributed by atoms with Gasteiger partial charge in [0.2, 0.25) is 5.95 Å². The number of fused-ring (bicyclic) bond motifs is 1. The number of hydrogen-bond donors (Lipinski definition) is 1. The van der Waals surface area contributed by atoms with Gasteiger partial charge >= 0.3 is 0 Å². The summed E-state index contributed by atoms with van der Waals surface area (Å²) in [5, 5.41) is 0. The molecule has 1 aromatic heterocycles. The number of aromatic nitrogens is 2. The maximum absolute atomic E-state index is 5.86. The average Bonchev–Trinajstić information content (AvgIpc) is 2.77. The Balaban J connectivity index is 2.10. The number of anilines is 2. The monoisotopic (exact) mass is 246 g/mol. The standard InChI is InChI=1S/C13H18N4O/c1-2-17-12-9-10(14)3-4-11(12)15-13(17)16-5-7-18-8-6-16/h3-4,9H,2,5-8,14H2,1H3. The van der Waals surface area contributed by atoms with Crippen LogP contribution in [0.1, 0.15) is 6.92 Å². The summed E-state index contributed by atoms with van der Waals surface area (Å²) in [4.78, 5) is 7.01. The Bertz CT molecular complexity index is 557. The van der Waals surface area contributed by atoms with E-state index in [0.717, 1.165) is 55.5 Å². The highest BCUT2D eigenvalue weighted by Crippen LogP contribution is 2.24. The smallest absolute Gasteiger partial charge is 0.206 e. The first-order chi connectivity index (χ1) is 8.79. The quantitative estimate of drug-likeness (QED) is 0.815. The summed E-state index contributed by atoms with van der Waals surface area (Å²) in [6.07, 6.45) is 0. The van der Waals surface area contributed by atoms with E-state index < -0.39 is 0 Å². The number of imidazole rings is 1. The molecule has 2 N–H and O–H groups in total. The number of nitrogen functional groups attached to an aromatic ring is 1. The van der Waals surface area contributed by atoms with E-state index in [9.17, 15) is 0 Å². The van der Waals surface area contributed by atoms with Gasteiger partial charge in [0.25, 0.3) is 0 Å². The Morgan fingerprint density at radius 3 is 2.83 bits per heavy atom. The zero-order valence-electron chi connectivity index (χ0n) is 10.6. The maximum atomic E-state index is 5.86. The lowest BCUT2D eigenvalue weighted by Crippen LogP contribution is -2.37. The lowest BCUT2D eigenvalue weighted by molar-refractivity contribution is 0.121. The molecule has 1 aliphatic rings. The molecule has 0 radical (unpaired) electrons. The van der Waals surface area contributed by atoms with Crippen molar-refractivity contribution in [3.8, 4) is 0 Å². The van der Waals surface area contributed by atoms with E-state index in [0.29, 0.717) is 0 Å². The van der Waals surface area contributed by atoms with E-state index in [1.165, 1.54) is 0 Å². The van der Waals surface area contributed by atoms with Crippen molar-refractivity contribution in [2.75, 3.05) is 36.9 Å². The molecule has 0 aliphatic carbocycles. The summed E-state index contributed by atoms with van der Waals surface area (Å²) in [6, 6.07) is 5.88. The largest absolute Gasteiger partial charge is 0.399 e. The average molecular weight is 246 g/mol. The maximum Gasteiger partial charge on any atom is 0.206 e. The van der Waals surface area contributed by atoms with Gasteiger partial charge in [0.1, 0.15) is 0 Å². The molecule has 18 heavy (non-hydrogen) atoms. The number of ether oxygens (including phenoxy) is 1. The Kier molecular flexibility index (Phi) is 2.83. The summed E-state index contributed by atoms with van der Waals surface area (Å²) < 4.78 is 7.61. The molecule has 1 aliphatic heterocycles. The van der Waals surface area contributed by atoms with Crippen LogP contribution in [-0.2, 0) is 11.3 Å². The molecule has 0 bridgehead atoms. The van der Waals surface area contributed by atoms with Gasteiger partial charge in [-0.3, -0.25) is 0 Å². The molecule has 1 fully saturated rings. The van der Waals surface area contributed by atoms with Gasteiger partial charge in [-0.1, -0.05) is 0 Å². The lowest BCUT2D eigenvalue weighted by Gasteiger charge is -2.28. The van der Waals surface area contributed by atoms with Crippen molar-refractivity contribution in [2.45, 2.75) is 13.5 Å². The topological polar surface area (TPSA) is 56.3 Å². The molecule has 2 heterocycles. The van der Waals surface area contributed by atoms with E-state index in [1.54, 1.807) is 0 Å². The molecular weight excluding hydrogens is 228 g/mol. The van der Waals surface area contributed by atoms with E-state index in [-0.39, 0.29) is 0 Å². The Labute approximate surface area is 106 Å². The van der Waals surface area contributed by atoms with Gasteiger partial charge in [0.15, 0.2) is 0 Å².